The second-order valence-electron chi connectivity index (χ2n) is 14.1. The van der Waals surface area contributed by atoms with E-state index in [1.54, 1.807) is 0 Å². The Balaban J connectivity index is 1.28. The maximum absolute atomic E-state index is 6.54. The third-order valence-electron chi connectivity index (χ3n) is 11.2. The fraction of sp³-hybridized carbons (Fsp3) is 0.0833. The molecule has 51 heavy (non-hydrogen) atoms. The fourth-order valence-electron chi connectivity index (χ4n) is 8.96. The molecule has 2 aromatic heterocycles. The molecule has 0 fully saturated rings. The largest absolute Gasteiger partial charge is 0.456 e. The highest BCUT2D eigenvalue weighted by Gasteiger charge is 2.55. The first kappa shape index (κ1) is 29.6. The van der Waals surface area contributed by atoms with E-state index in [0.29, 0.717) is 0 Å². The number of para-hydroxylation sites is 3. The predicted molar refractivity (Wildman–Crippen MR) is 209 cm³/mol. The molecule has 0 aliphatic heterocycles. The molecule has 1 atom stereocenters. The lowest BCUT2D eigenvalue weighted by Crippen LogP contribution is -2.50. The van der Waals surface area contributed by atoms with Gasteiger partial charge in [0.2, 0.25) is 0 Å². The molecule has 10 rings (SSSR count). The van der Waals surface area contributed by atoms with Crippen LogP contribution in [-0.2, 0) is 10.8 Å². The number of hydrogen-bond donors (Lipinski definition) is 0. The maximum Gasteiger partial charge on any atom is 0.135 e. The highest BCUT2D eigenvalue weighted by atomic mass is 16.3. The van der Waals surface area contributed by atoms with Crippen molar-refractivity contribution in [1.82, 2.24) is 9.97 Å². The average molecular weight is 655 g/mol. The topological polar surface area (TPSA) is 38.9 Å². The SMILES string of the molecule is CC1(C)c2ccccc2-c2ccccc2C1(c1ccc(-c2nc3ccccc3nc2-c2ccccc2)cc1)c1cccc2oc3ccccc3c12. The van der Waals surface area contributed by atoms with Gasteiger partial charge in [0.15, 0.2) is 0 Å². The van der Waals surface area contributed by atoms with Crippen LogP contribution in [0.4, 0.5) is 0 Å². The van der Waals surface area contributed by atoms with Crippen molar-refractivity contribution >= 4 is 33.0 Å². The number of fused-ring (bicyclic) bond motifs is 7. The second kappa shape index (κ2) is 11.1. The van der Waals surface area contributed by atoms with Gasteiger partial charge in [-0.3, -0.25) is 0 Å². The normalized spacial score (nSPS) is 16.3. The van der Waals surface area contributed by atoms with Crippen LogP contribution in [0, 0.1) is 0 Å². The van der Waals surface area contributed by atoms with Crippen LogP contribution >= 0.6 is 0 Å². The Morgan fingerprint density at radius 1 is 0.431 bits per heavy atom. The highest BCUT2D eigenvalue weighted by molar-refractivity contribution is 6.08. The van der Waals surface area contributed by atoms with Crippen LogP contribution in [0.3, 0.4) is 0 Å². The quantitative estimate of drug-likeness (QED) is 0.190. The Morgan fingerprint density at radius 3 is 1.69 bits per heavy atom. The van der Waals surface area contributed by atoms with E-state index in [0.717, 1.165) is 55.5 Å². The number of nitrogens with zero attached hydrogens (tertiary/aromatic N) is 2. The summed E-state index contributed by atoms with van der Waals surface area (Å²) in [5, 5.41) is 2.29. The third kappa shape index (κ3) is 4.18. The molecule has 0 amide bonds. The zero-order chi connectivity index (χ0) is 34.2. The first-order chi connectivity index (χ1) is 25.1. The van der Waals surface area contributed by atoms with Gasteiger partial charge in [-0.1, -0.05) is 159 Å². The van der Waals surface area contributed by atoms with Crippen molar-refractivity contribution in [3.8, 4) is 33.6 Å². The van der Waals surface area contributed by atoms with E-state index in [1.165, 1.54) is 33.4 Å². The van der Waals surface area contributed by atoms with Gasteiger partial charge in [-0.05, 0) is 57.6 Å². The highest BCUT2D eigenvalue weighted by Crippen LogP contribution is 2.61. The molecule has 2 heterocycles. The fourth-order valence-corrected chi connectivity index (χ4v) is 8.96. The van der Waals surface area contributed by atoms with Crippen LogP contribution in [-0.4, -0.2) is 9.97 Å². The maximum atomic E-state index is 6.54. The molecule has 242 valence electrons. The van der Waals surface area contributed by atoms with Crippen molar-refractivity contribution < 1.29 is 4.42 Å². The Hall–Kier alpha value is -6.32. The molecule has 0 saturated carbocycles. The summed E-state index contributed by atoms with van der Waals surface area (Å²) in [5.74, 6) is 0. The lowest BCUT2D eigenvalue weighted by molar-refractivity contribution is 0.355. The standard InChI is InChI=1S/C48H34N2O/c1-47(2)37-20-9-6-17-34(37)35-18-7-10-21-38(35)48(47,39-22-14-26-43-44(39)36-19-8-13-25-42(36)51-43)33-29-27-32(28-30-33)46-45(31-15-4-3-5-16-31)49-40-23-11-12-24-41(40)50-46/h3-30H,1-2H3. The van der Waals surface area contributed by atoms with Crippen molar-refractivity contribution in [2.75, 3.05) is 0 Å². The van der Waals surface area contributed by atoms with Gasteiger partial charge >= 0.3 is 0 Å². The molecule has 0 radical (unpaired) electrons. The van der Waals surface area contributed by atoms with Crippen molar-refractivity contribution in [3.63, 3.8) is 0 Å². The van der Waals surface area contributed by atoms with Gasteiger partial charge in [-0.2, -0.15) is 0 Å². The molecule has 3 nitrogen and oxygen atoms in total. The molecule has 3 heteroatoms. The van der Waals surface area contributed by atoms with Gasteiger partial charge < -0.3 is 4.42 Å². The summed E-state index contributed by atoms with van der Waals surface area (Å²) in [5.41, 5.74) is 14.0. The third-order valence-corrected chi connectivity index (χ3v) is 11.2. The monoisotopic (exact) mass is 654 g/mol. The van der Waals surface area contributed by atoms with E-state index >= 15 is 0 Å². The van der Waals surface area contributed by atoms with Crippen LogP contribution in [0.2, 0.25) is 0 Å². The van der Waals surface area contributed by atoms with E-state index < -0.39 is 5.41 Å². The first-order valence-electron chi connectivity index (χ1n) is 17.6. The first-order valence-corrected chi connectivity index (χ1v) is 17.6. The van der Waals surface area contributed by atoms with Crippen molar-refractivity contribution in [1.29, 1.82) is 0 Å². The number of aromatic nitrogens is 2. The van der Waals surface area contributed by atoms with E-state index in [1.807, 2.05) is 36.4 Å². The van der Waals surface area contributed by atoms with Crippen LogP contribution in [0.1, 0.15) is 36.1 Å². The summed E-state index contributed by atoms with van der Waals surface area (Å²) in [6.07, 6.45) is 0. The van der Waals surface area contributed by atoms with Gasteiger partial charge in [0.1, 0.15) is 11.2 Å². The van der Waals surface area contributed by atoms with E-state index in [2.05, 4.69) is 147 Å². The van der Waals surface area contributed by atoms with Gasteiger partial charge in [0.05, 0.1) is 27.8 Å². The molecule has 0 spiro atoms. The molecule has 1 aliphatic rings. The summed E-state index contributed by atoms with van der Waals surface area (Å²) < 4.78 is 6.54. The summed E-state index contributed by atoms with van der Waals surface area (Å²) in [6.45, 7) is 4.83. The predicted octanol–water partition coefficient (Wildman–Crippen LogP) is 12.2. The van der Waals surface area contributed by atoms with Crippen molar-refractivity contribution in [2.24, 2.45) is 0 Å². The Labute approximate surface area is 296 Å². The molecular weight excluding hydrogens is 621 g/mol. The minimum Gasteiger partial charge on any atom is -0.456 e. The Kier molecular flexibility index (Phi) is 6.44. The Morgan fingerprint density at radius 2 is 0.961 bits per heavy atom. The molecule has 0 N–H and O–H groups in total. The Bertz CT molecular complexity index is 2780. The molecule has 1 unspecified atom stereocenters. The van der Waals surface area contributed by atoms with E-state index in [-0.39, 0.29) is 5.41 Å². The van der Waals surface area contributed by atoms with Crippen molar-refractivity contribution in [3.05, 3.63) is 192 Å². The lowest BCUT2D eigenvalue weighted by Gasteiger charge is -2.53. The molecule has 0 bridgehead atoms. The molecule has 0 saturated heterocycles. The smallest absolute Gasteiger partial charge is 0.135 e. The summed E-state index contributed by atoms with van der Waals surface area (Å²) in [6, 6.07) is 60.6. The zero-order valence-electron chi connectivity index (χ0n) is 28.5. The summed E-state index contributed by atoms with van der Waals surface area (Å²) >= 11 is 0. The number of hydrogen-bond acceptors (Lipinski definition) is 3. The van der Waals surface area contributed by atoms with E-state index in [9.17, 15) is 0 Å². The number of benzene rings is 7. The summed E-state index contributed by atoms with van der Waals surface area (Å²) in [4.78, 5) is 10.4. The second-order valence-corrected chi connectivity index (χ2v) is 14.1. The van der Waals surface area contributed by atoms with Crippen LogP contribution in [0.15, 0.2) is 174 Å². The summed E-state index contributed by atoms with van der Waals surface area (Å²) in [7, 11) is 0. The van der Waals surface area contributed by atoms with Gasteiger partial charge in [-0.25, -0.2) is 9.97 Å². The minimum absolute atomic E-state index is 0.371. The minimum atomic E-state index is -0.583. The van der Waals surface area contributed by atoms with Crippen molar-refractivity contribution in [2.45, 2.75) is 24.7 Å². The van der Waals surface area contributed by atoms with Crippen LogP contribution in [0.25, 0.3) is 66.6 Å². The molecule has 9 aromatic rings. The van der Waals surface area contributed by atoms with Crippen LogP contribution < -0.4 is 0 Å². The van der Waals surface area contributed by atoms with Gasteiger partial charge in [-0.15, -0.1) is 0 Å². The molecule has 7 aromatic carbocycles. The van der Waals surface area contributed by atoms with E-state index in [4.69, 9.17) is 14.4 Å². The van der Waals surface area contributed by atoms with Crippen LogP contribution in [0.5, 0.6) is 0 Å². The lowest BCUT2D eigenvalue weighted by atomic mass is 9.48. The molecule has 1 aliphatic carbocycles. The average Bonchev–Trinajstić information content (AvgIpc) is 3.58. The van der Waals surface area contributed by atoms with Gasteiger partial charge in [0.25, 0.3) is 0 Å². The van der Waals surface area contributed by atoms with Gasteiger partial charge in [0, 0.05) is 27.3 Å². The number of rotatable bonds is 4. The zero-order valence-corrected chi connectivity index (χ0v) is 28.5. The number of furan rings is 1. The molecular formula is C48H34N2O.